The molecule has 2 aliphatic rings. The SMILES string of the molecule is CCN1CCN(C(=O)[C@H](C)N2CCN(c3cccc(Cl)c3)CC2)CC1. The van der Waals surface area contributed by atoms with Crippen molar-refractivity contribution < 1.29 is 4.79 Å². The lowest BCUT2D eigenvalue weighted by atomic mass is 10.1. The third-order valence-electron chi connectivity index (χ3n) is 5.52. The van der Waals surface area contributed by atoms with Crippen molar-refractivity contribution in [3.8, 4) is 0 Å². The molecule has 2 fully saturated rings. The van der Waals surface area contributed by atoms with Gasteiger partial charge in [-0.2, -0.15) is 0 Å². The number of benzene rings is 1. The van der Waals surface area contributed by atoms with Crippen LogP contribution in [0.2, 0.25) is 5.02 Å². The summed E-state index contributed by atoms with van der Waals surface area (Å²) < 4.78 is 0. The highest BCUT2D eigenvalue weighted by molar-refractivity contribution is 6.30. The average molecular weight is 365 g/mol. The van der Waals surface area contributed by atoms with Gasteiger partial charge in [0.15, 0.2) is 0 Å². The number of amides is 1. The van der Waals surface area contributed by atoms with Gasteiger partial charge in [-0.15, -0.1) is 0 Å². The van der Waals surface area contributed by atoms with Gasteiger partial charge in [0.05, 0.1) is 6.04 Å². The summed E-state index contributed by atoms with van der Waals surface area (Å²) in [7, 11) is 0. The van der Waals surface area contributed by atoms with E-state index in [0.29, 0.717) is 0 Å². The van der Waals surface area contributed by atoms with E-state index >= 15 is 0 Å². The summed E-state index contributed by atoms with van der Waals surface area (Å²) in [5, 5.41) is 0.773. The Kier molecular flexibility index (Phi) is 6.20. The van der Waals surface area contributed by atoms with Crippen molar-refractivity contribution in [2.75, 3.05) is 63.8 Å². The zero-order chi connectivity index (χ0) is 17.8. The second-order valence-corrected chi connectivity index (χ2v) is 7.37. The Morgan fingerprint density at radius 2 is 1.76 bits per heavy atom. The van der Waals surface area contributed by atoms with Crippen LogP contribution >= 0.6 is 11.6 Å². The standard InChI is InChI=1S/C19H29ClN4O/c1-3-21-7-9-24(10-8-21)19(25)16(2)22-11-13-23(14-12-22)18-6-4-5-17(20)15-18/h4-6,15-16H,3,7-14H2,1-2H3/t16-/m0/s1. The minimum atomic E-state index is -0.0327. The van der Waals surface area contributed by atoms with E-state index in [1.165, 1.54) is 5.69 Å². The van der Waals surface area contributed by atoms with Crippen molar-refractivity contribution in [3.63, 3.8) is 0 Å². The third-order valence-corrected chi connectivity index (χ3v) is 5.76. The first-order valence-electron chi connectivity index (χ1n) is 9.34. The number of carbonyl (C=O) groups is 1. The lowest BCUT2D eigenvalue weighted by molar-refractivity contribution is -0.138. The third kappa shape index (κ3) is 4.46. The molecule has 0 bridgehead atoms. The van der Waals surface area contributed by atoms with Gasteiger partial charge in [0.2, 0.25) is 5.91 Å². The molecule has 5 nitrogen and oxygen atoms in total. The van der Waals surface area contributed by atoms with Crippen molar-refractivity contribution in [1.82, 2.24) is 14.7 Å². The fraction of sp³-hybridized carbons (Fsp3) is 0.632. The Bertz CT molecular complexity index is 581. The number of piperazine rings is 2. The minimum absolute atomic E-state index is 0.0327. The van der Waals surface area contributed by atoms with E-state index in [1.807, 2.05) is 23.1 Å². The van der Waals surface area contributed by atoms with E-state index in [0.717, 1.165) is 63.9 Å². The van der Waals surface area contributed by atoms with Crippen LogP contribution in [0.4, 0.5) is 5.69 Å². The van der Waals surface area contributed by atoms with Gasteiger partial charge in [-0.25, -0.2) is 0 Å². The fourth-order valence-corrected chi connectivity index (χ4v) is 3.93. The molecule has 1 atom stereocenters. The quantitative estimate of drug-likeness (QED) is 0.817. The van der Waals surface area contributed by atoms with E-state index in [9.17, 15) is 4.79 Å². The molecule has 0 spiro atoms. The van der Waals surface area contributed by atoms with E-state index in [-0.39, 0.29) is 11.9 Å². The van der Waals surface area contributed by atoms with Gasteiger partial charge >= 0.3 is 0 Å². The van der Waals surface area contributed by atoms with Gasteiger partial charge in [-0.1, -0.05) is 24.6 Å². The van der Waals surface area contributed by atoms with Crippen LogP contribution in [0, 0.1) is 0 Å². The Labute approximate surface area is 156 Å². The number of hydrogen-bond acceptors (Lipinski definition) is 4. The van der Waals surface area contributed by atoms with Gasteiger partial charge in [0.1, 0.15) is 0 Å². The monoisotopic (exact) mass is 364 g/mol. The Morgan fingerprint density at radius 3 is 2.36 bits per heavy atom. The van der Waals surface area contributed by atoms with E-state index in [2.05, 4.69) is 34.6 Å². The molecule has 1 amide bonds. The first kappa shape index (κ1) is 18.5. The maximum absolute atomic E-state index is 12.8. The van der Waals surface area contributed by atoms with Crippen LogP contribution in [0.5, 0.6) is 0 Å². The Hall–Kier alpha value is -1.30. The van der Waals surface area contributed by atoms with Crippen molar-refractivity contribution in [2.24, 2.45) is 0 Å². The summed E-state index contributed by atoms with van der Waals surface area (Å²) in [6.07, 6.45) is 0. The maximum Gasteiger partial charge on any atom is 0.239 e. The molecule has 138 valence electrons. The smallest absolute Gasteiger partial charge is 0.239 e. The summed E-state index contributed by atoms with van der Waals surface area (Å²) in [6, 6.07) is 7.98. The normalized spacial score (nSPS) is 21.4. The van der Waals surface area contributed by atoms with Crippen molar-refractivity contribution in [2.45, 2.75) is 19.9 Å². The molecule has 0 N–H and O–H groups in total. The molecule has 1 aromatic rings. The van der Waals surface area contributed by atoms with Gasteiger partial charge in [0, 0.05) is 63.1 Å². The molecule has 2 aliphatic heterocycles. The molecule has 1 aromatic carbocycles. The van der Waals surface area contributed by atoms with Crippen molar-refractivity contribution in [3.05, 3.63) is 29.3 Å². The van der Waals surface area contributed by atoms with Crippen LogP contribution in [-0.4, -0.2) is 85.6 Å². The topological polar surface area (TPSA) is 30.0 Å². The first-order valence-corrected chi connectivity index (χ1v) is 9.72. The molecule has 0 saturated carbocycles. The predicted octanol–water partition coefficient (Wildman–Crippen LogP) is 2.01. The van der Waals surface area contributed by atoms with Gasteiger partial charge in [0.25, 0.3) is 0 Å². The Balaban J connectivity index is 1.51. The second kappa shape index (κ2) is 8.39. The number of rotatable bonds is 4. The average Bonchev–Trinajstić information content (AvgIpc) is 2.67. The second-order valence-electron chi connectivity index (χ2n) is 6.94. The molecule has 0 unspecified atom stereocenters. The first-order chi connectivity index (χ1) is 12.1. The van der Waals surface area contributed by atoms with Gasteiger partial charge < -0.3 is 14.7 Å². The number of anilines is 1. The molecule has 2 heterocycles. The van der Waals surface area contributed by atoms with Crippen molar-refractivity contribution in [1.29, 1.82) is 0 Å². The van der Waals surface area contributed by atoms with Crippen LogP contribution in [0.1, 0.15) is 13.8 Å². The van der Waals surface area contributed by atoms with Crippen LogP contribution in [0.15, 0.2) is 24.3 Å². The van der Waals surface area contributed by atoms with Crippen LogP contribution in [-0.2, 0) is 4.79 Å². The Morgan fingerprint density at radius 1 is 1.08 bits per heavy atom. The highest BCUT2D eigenvalue weighted by Crippen LogP contribution is 2.21. The van der Waals surface area contributed by atoms with Gasteiger partial charge in [-0.05, 0) is 31.7 Å². The van der Waals surface area contributed by atoms with E-state index in [4.69, 9.17) is 11.6 Å². The molecule has 0 aromatic heterocycles. The summed E-state index contributed by atoms with van der Waals surface area (Å²) in [5.41, 5.74) is 1.17. The van der Waals surface area contributed by atoms with E-state index < -0.39 is 0 Å². The number of halogens is 1. The molecule has 25 heavy (non-hydrogen) atoms. The summed E-state index contributed by atoms with van der Waals surface area (Å²) >= 11 is 6.10. The molecule has 3 rings (SSSR count). The molecule has 6 heteroatoms. The lowest BCUT2D eigenvalue weighted by Crippen LogP contribution is -2.57. The summed E-state index contributed by atoms with van der Waals surface area (Å²) in [4.78, 5) is 21.9. The largest absolute Gasteiger partial charge is 0.369 e. The zero-order valence-electron chi connectivity index (χ0n) is 15.3. The van der Waals surface area contributed by atoms with Gasteiger partial charge in [-0.3, -0.25) is 9.69 Å². The van der Waals surface area contributed by atoms with Crippen LogP contribution in [0.3, 0.4) is 0 Å². The number of carbonyl (C=O) groups excluding carboxylic acids is 1. The molecule has 0 radical (unpaired) electrons. The predicted molar refractivity (Wildman–Crippen MR) is 103 cm³/mol. The molecular formula is C19H29ClN4O. The number of nitrogens with zero attached hydrogens (tertiary/aromatic N) is 4. The molecular weight excluding hydrogens is 336 g/mol. The molecule has 0 aliphatic carbocycles. The molecule has 2 saturated heterocycles. The van der Waals surface area contributed by atoms with E-state index in [1.54, 1.807) is 0 Å². The lowest BCUT2D eigenvalue weighted by Gasteiger charge is -2.41. The maximum atomic E-state index is 12.8. The zero-order valence-corrected chi connectivity index (χ0v) is 16.1. The summed E-state index contributed by atoms with van der Waals surface area (Å²) in [5.74, 6) is 0.284. The number of hydrogen-bond donors (Lipinski definition) is 0. The van der Waals surface area contributed by atoms with Crippen LogP contribution < -0.4 is 4.90 Å². The van der Waals surface area contributed by atoms with Crippen LogP contribution in [0.25, 0.3) is 0 Å². The highest BCUT2D eigenvalue weighted by Gasteiger charge is 2.30. The fourth-order valence-electron chi connectivity index (χ4n) is 3.75. The number of likely N-dealkylation sites (N-methyl/N-ethyl adjacent to an activating group) is 1. The summed E-state index contributed by atoms with van der Waals surface area (Å²) in [6.45, 7) is 12.7. The van der Waals surface area contributed by atoms with Crippen molar-refractivity contribution >= 4 is 23.2 Å². The highest BCUT2D eigenvalue weighted by atomic mass is 35.5. The minimum Gasteiger partial charge on any atom is -0.369 e.